The number of methoxy groups -OCH3 is 1. The molecule has 146 valence electrons. The molecule has 7 nitrogen and oxygen atoms in total. The lowest BCUT2D eigenvalue weighted by atomic mass is 10.0. The van der Waals surface area contributed by atoms with Crippen LogP contribution in [0.1, 0.15) is 21.5 Å². The molecule has 8 heteroatoms. The van der Waals surface area contributed by atoms with Gasteiger partial charge in [-0.1, -0.05) is 24.3 Å². The van der Waals surface area contributed by atoms with E-state index in [9.17, 15) is 19.2 Å². The summed E-state index contributed by atoms with van der Waals surface area (Å²) in [7, 11) is 1.50. The van der Waals surface area contributed by atoms with E-state index >= 15 is 0 Å². The second-order valence-electron chi connectivity index (χ2n) is 6.05. The number of aliphatic imine (C=N–C) groups is 1. The van der Waals surface area contributed by atoms with Crippen LogP contribution in [0.25, 0.3) is 5.70 Å². The van der Waals surface area contributed by atoms with Crippen LogP contribution in [-0.2, 0) is 9.53 Å². The molecule has 0 unspecified atom stereocenters. The third-order valence-corrected chi connectivity index (χ3v) is 4.17. The molecule has 0 atom stereocenters. The standard InChI is InChI=1S/C21H17FN4O3/c1-29-11-10-24-21(28)17(12-23)18-15-4-2-3-5-16(15)19(25-18)26-20(27)13-6-8-14(22)9-7-13/h2-9H,10-11H2,1H3,(H,24,28)(H,25,26,27). The molecule has 1 aliphatic rings. The first-order valence-electron chi connectivity index (χ1n) is 8.72. The summed E-state index contributed by atoms with van der Waals surface area (Å²) in [5, 5.41) is 14.8. The molecule has 0 radical (unpaired) electrons. The molecule has 29 heavy (non-hydrogen) atoms. The van der Waals surface area contributed by atoms with Gasteiger partial charge in [0, 0.05) is 30.3 Å². The average molecular weight is 392 g/mol. The summed E-state index contributed by atoms with van der Waals surface area (Å²) < 4.78 is 18.0. The van der Waals surface area contributed by atoms with Crippen molar-refractivity contribution in [1.29, 1.82) is 5.26 Å². The maximum atomic E-state index is 13.1. The quantitative estimate of drug-likeness (QED) is 0.461. The van der Waals surface area contributed by atoms with Gasteiger partial charge in [-0.05, 0) is 24.3 Å². The Hall–Kier alpha value is -3.83. The molecular formula is C21H17FN4O3. The molecule has 1 heterocycles. The van der Waals surface area contributed by atoms with Crippen molar-refractivity contribution in [1.82, 2.24) is 10.6 Å². The van der Waals surface area contributed by atoms with E-state index in [0.717, 1.165) is 0 Å². The van der Waals surface area contributed by atoms with Gasteiger partial charge in [0.05, 0.1) is 12.3 Å². The molecule has 0 spiro atoms. The van der Waals surface area contributed by atoms with Gasteiger partial charge in [-0.25, -0.2) is 9.38 Å². The number of rotatable bonds is 5. The van der Waals surface area contributed by atoms with Gasteiger partial charge in [0.2, 0.25) is 0 Å². The number of benzene rings is 2. The number of halogens is 1. The normalized spacial score (nSPS) is 13.8. The number of amidine groups is 1. The van der Waals surface area contributed by atoms with Crippen molar-refractivity contribution in [2.24, 2.45) is 4.99 Å². The molecule has 0 aromatic heterocycles. The molecule has 2 aromatic carbocycles. The highest BCUT2D eigenvalue weighted by atomic mass is 19.1. The molecule has 3 rings (SSSR count). The number of hydrogen-bond donors (Lipinski definition) is 2. The summed E-state index contributed by atoms with van der Waals surface area (Å²) in [5.74, 6) is -1.30. The van der Waals surface area contributed by atoms with Gasteiger partial charge in [0.25, 0.3) is 11.8 Å². The van der Waals surface area contributed by atoms with Crippen molar-refractivity contribution < 1.29 is 18.7 Å². The summed E-state index contributed by atoms with van der Waals surface area (Å²) in [6.07, 6.45) is 0. The van der Waals surface area contributed by atoms with Crippen LogP contribution in [-0.4, -0.2) is 37.9 Å². The number of fused-ring (bicyclic) bond motifs is 1. The van der Waals surface area contributed by atoms with Gasteiger partial charge >= 0.3 is 0 Å². The summed E-state index contributed by atoms with van der Waals surface area (Å²) >= 11 is 0. The smallest absolute Gasteiger partial charge is 0.264 e. The predicted octanol–water partition coefficient (Wildman–Crippen LogP) is 2.01. The van der Waals surface area contributed by atoms with Crippen molar-refractivity contribution in [3.8, 4) is 6.07 Å². The Balaban J connectivity index is 1.94. The van der Waals surface area contributed by atoms with E-state index in [0.29, 0.717) is 17.7 Å². The zero-order valence-corrected chi connectivity index (χ0v) is 15.5. The van der Waals surface area contributed by atoms with Gasteiger partial charge < -0.3 is 15.4 Å². The molecule has 2 aromatic rings. The number of nitrogens with one attached hydrogen (secondary N) is 2. The lowest BCUT2D eigenvalue weighted by Crippen LogP contribution is -2.30. The first-order chi connectivity index (χ1) is 14.0. The Kier molecular flexibility index (Phi) is 6.12. The topological polar surface area (TPSA) is 104 Å². The number of carbonyl (C=O) groups excluding carboxylic acids is 2. The van der Waals surface area contributed by atoms with E-state index in [1.165, 1.54) is 31.4 Å². The maximum absolute atomic E-state index is 13.1. The number of ether oxygens (including phenoxy) is 1. The molecular weight excluding hydrogens is 375 g/mol. The van der Waals surface area contributed by atoms with Crippen molar-refractivity contribution in [2.45, 2.75) is 0 Å². The number of nitrogens with zero attached hydrogens (tertiary/aromatic N) is 2. The zero-order valence-electron chi connectivity index (χ0n) is 15.5. The number of amides is 2. The Morgan fingerprint density at radius 2 is 1.83 bits per heavy atom. The van der Waals surface area contributed by atoms with Crippen LogP contribution in [0, 0.1) is 17.1 Å². The Morgan fingerprint density at radius 1 is 1.14 bits per heavy atom. The molecule has 2 N–H and O–H groups in total. The van der Waals surface area contributed by atoms with E-state index < -0.39 is 17.6 Å². The highest BCUT2D eigenvalue weighted by molar-refractivity contribution is 6.20. The maximum Gasteiger partial charge on any atom is 0.264 e. The Labute approximate surface area is 166 Å². The van der Waals surface area contributed by atoms with Crippen LogP contribution in [0.2, 0.25) is 0 Å². The fourth-order valence-electron chi connectivity index (χ4n) is 2.76. The molecule has 0 bridgehead atoms. The van der Waals surface area contributed by atoms with Crippen molar-refractivity contribution >= 4 is 23.3 Å². The van der Waals surface area contributed by atoms with Gasteiger partial charge in [0.1, 0.15) is 23.3 Å². The number of nitriles is 1. The highest BCUT2D eigenvalue weighted by Gasteiger charge is 2.27. The van der Waals surface area contributed by atoms with E-state index in [2.05, 4.69) is 15.6 Å². The molecule has 1 aliphatic heterocycles. The highest BCUT2D eigenvalue weighted by Crippen LogP contribution is 2.30. The van der Waals surface area contributed by atoms with E-state index in [4.69, 9.17) is 4.74 Å². The van der Waals surface area contributed by atoms with Crippen LogP contribution in [0.4, 0.5) is 4.39 Å². The first-order valence-corrected chi connectivity index (χ1v) is 8.72. The van der Waals surface area contributed by atoms with E-state index in [-0.39, 0.29) is 29.2 Å². The lowest BCUT2D eigenvalue weighted by molar-refractivity contribution is -0.117. The minimum Gasteiger partial charge on any atom is -0.383 e. The van der Waals surface area contributed by atoms with Gasteiger partial charge in [-0.2, -0.15) is 5.26 Å². The van der Waals surface area contributed by atoms with Crippen molar-refractivity contribution in [2.75, 3.05) is 20.3 Å². The largest absolute Gasteiger partial charge is 0.383 e. The van der Waals surface area contributed by atoms with Crippen LogP contribution < -0.4 is 10.6 Å². The molecule has 0 saturated heterocycles. The SMILES string of the molecule is COCCNC(=O)C(C#N)=C1N=C(NC(=O)c2ccc(F)cc2)c2ccccc21. The molecule has 2 amide bonds. The zero-order chi connectivity index (χ0) is 20.8. The predicted molar refractivity (Wildman–Crippen MR) is 104 cm³/mol. The second kappa shape index (κ2) is 8.91. The molecule has 0 saturated carbocycles. The summed E-state index contributed by atoms with van der Waals surface area (Å²) in [6.45, 7) is 0.548. The van der Waals surface area contributed by atoms with E-state index in [1.54, 1.807) is 24.3 Å². The minimum absolute atomic E-state index is 0.167. The first kappa shape index (κ1) is 19.9. The fourth-order valence-corrected chi connectivity index (χ4v) is 2.76. The summed E-state index contributed by atoms with van der Waals surface area (Å²) in [4.78, 5) is 29.2. The van der Waals surface area contributed by atoms with Crippen molar-refractivity contribution in [3.05, 3.63) is 76.6 Å². The summed E-state index contributed by atoms with van der Waals surface area (Å²) in [6, 6.07) is 13.9. The van der Waals surface area contributed by atoms with Crippen LogP contribution >= 0.6 is 0 Å². The van der Waals surface area contributed by atoms with Gasteiger partial charge in [-0.15, -0.1) is 0 Å². The van der Waals surface area contributed by atoms with Crippen LogP contribution in [0.5, 0.6) is 0 Å². The average Bonchev–Trinajstić information content (AvgIpc) is 3.07. The summed E-state index contributed by atoms with van der Waals surface area (Å²) in [5.41, 5.74) is 1.39. The third-order valence-electron chi connectivity index (χ3n) is 4.17. The van der Waals surface area contributed by atoms with Gasteiger partial charge in [-0.3, -0.25) is 9.59 Å². The van der Waals surface area contributed by atoms with Gasteiger partial charge in [0.15, 0.2) is 0 Å². The Bertz CT molecular complexity index is 1050. The van der Waals surface area contributed by atoms with E-state index in [1.807, 2.05) is 6.07 Å². The van der Waals surface area contributed by atoms with Crippen LogP contribution in [0.3, 0.4) is 0 Å². The van der Waals surface area contributed by atoms with Crippen molar-refractivity contribution in [3.63, 3.8) is 0 Å². The third kappa shape index (κ3) is 4.36. The number of hydrogen-bond acceptors (Lipinski definition) is 5. The molecule has 0 fully saturated rings. The van der Waals surface area contributed by atoms with Crippen LogP contribution in [0.15, 0.2) is 59.1 Å². The lowest BCUT2D eigenvalue weighted by Gasteiger charge is -2.06. The Morgan fingerprint density at radius 3 is 2.48 bits per heavy atom. The second-order valence-corrected chi connectivity index (χ2v) is 6.05. The number of carbonyl (C=O) groups is 2. The minimum atomic E-state index is -0.579. The molecule has 0 aliphatic carbocycles. The monoisotopic (exact) mass is 392 g/mol. The fraction of sp³-hybridized carbons (Fsp3) is 0.143.